The molecule has 0 saturated carbocycles. The number of amides is 1. The normalized spacial score (nSPS) is 18.5. The number of hydrogen-bond donors (Lipinski definition) is 1. The number of benzene rings is 3. The van der Waals surface area contributed by atoms with Crippen molar-refractivity contribution in [1.82, 2.24) is 15.1 Å². The van der Waals surface area contributed by atoms with E-state index in [0.29, 0.717) is 12.4 Å². The van der Waals surface area contributed by atoms with Crippen LogP contribution in [0.25, 0.3) is 0 Å². The second-order valence-electron chi connectivity index (χ2n) is 9.48. The van der Waals surface area contributed by atoms with Crippen LogP contribution in [-0.2, 0) is 11.2 Å². The Hall–Kier alpha value is -3.61. The number of fused-ring (bicyclic) bond motifs is 1. The third kappa shape index (κ3) is 5.96. The summed E-state index contributed by atoms with van der Waals surface area (Å²) in [6, 6.07) is 28.6. The van der Waals surface area contributed by atoms with E-state index >= 15 is 0 Å². The molecule has 0 aliphatic carbocycles. The number of aliphatic imine (C=N–C) groups is 2. The third-order valence-electron chi connectivity index (χ3n) is 6.90. The van der Waals surface area contributed by atoms with E-state index in [1.165, 1.54) is 5.56 Å². The molecule has 1 N–H and O–H groups in total. The molecule has 0 aromatic heterocycles. The minimum absolute atomic E-state index is 0.0282. The molecule has 6 heteroatoms. The van der Waals surface area contributed by atoms with Gasteiger partial charge in [0.15, 0.2) is 0 Å². The number of para-hydroxylation sites is 2. The maximum absolute atomic E-state index is 13.2. The highest BCUT2D eigenvalue weighted by Gasteiger charge is 2.27. The van der Waals surface area contributed by atoms with Gasteiger partial charge < -0.3 is 10.2 Å². The first-order valence-corrected chi connectivity index (χ1v) is 12.7. The second-order valence-corrected chi connectivity index (χ2v) is 9.48. The molecule has 6 nitrogen and oxygen atoms in total. The zero-order valence-electron chi connectivity index (χ0n) is 20.8. The van der Waals surface area contributed by atoms with Gasteiger partial charge in [-0.15, -0.1) is 0 Å². The Morgan fingerprint density at radius 1 is 0.806 bits per heavy atom. The first-order valence-electron chi connectivity index (χ1n) is 12.7. The molecule has 36 heavy (non-hydrogen) atoms. The number of amidine groups is 1. The van der Waals surface area contributed by atoms with Crippen molar-refractivity contribution < 1.29 is 4.79 Å². The molecule has 2 aliphatic rings. The van der Waals surface area contributed by atoms with E-state index in [9.17, 15) is 4.79 Å². The van der Waals surface area contributed by atoms with Gasteiger partial charge in [0.25, 0.3) is 0 Å². The average Bonchev–Trinajstić information content (AvgIpc) is 3.04. The fraction of sp³-hybridized carbons (Fsp3) is 0.300. The predicted octanol–water partition coefficient (Wildman–Crippen LogP) is 4.58. The lowest BCUT2D eigenvalue weighted by molar-refractivity contribution is -0.121. The Morgan fingerprint density at radius 2 is 1.39 bits per heavy atom. The van der Waals surface area contributed by atoms with Crippen LogP contribution < -0.4 is 5.32 Å². The van der Waals surface area contributed by atoms with Crippen LogP contribution in [0.4, 0.5) is 11.4 Å². The molecule has 3 aromatic carbocycles. The van der Waals surface area contributed by atoms with Crippen LogP contribution in [0.15, 0.2) is 94.9 Å². The SMILES string of the molecule is CC1=Nc2ccccc2N=C(NC(=O)CN2CCN(CCc3ccccc3)CC2)C1c1ccccc1. The fourth-order valence-corrected chi connectivity index (χ4v) is 4.93. The van der Waals surface area contributed by atoms with Crippen LogP contribution in [-0.4, -0.2) is 66.5 Å². The molecule has 5 rings (SSSR count). The molecule has 1 fully saturated rings. The Morgan fingerprint density at radius 3 is 2.08 bits per heavy atom. The summed E-state index contributed by atoms with van der Waals surface area (Å²) < 4.78 is 0. The van der Waals surface area contributed by atoms with Crippen LogP contribution in [0.3, 0.4) is 0 Å². The van der Waals surface area contributed by atoms with Gasteiger partial charge >= 0.3 is 0 Å². The number of nitrogens with one attached hydrogen (secondary N) is 1. The third-order valence-corrected chi connectivity index (χ3v) is 6.90. The number of piperazine rings is 1. The lowest BCUT2D eigenvalue weighted by atomic mass is 9.93. The van der Waals surface area contributed by atoms with Crippen molar-refractivity contribution in [3.63, 3.8) is 0 Å². The van der Waals surface area contributed by atoms with Gasteiger partial charge in [0.2, 0.25) is 5.91 Å². The van der Waals surface area contributed by atoms with Crippen molar-refractivity contribution in [2.24, 2.45) is 9.98 Å². The number of hydrogen-bond acceptors (Lipinski definition) is 5. The molecule has 1 saturated heterocycles. The molecule has 2 heterocycles. The van der Waals surface area contributed by atoms with Gasteiger partial charge in [-0.25, -0.2) is 4.99 Å². The Bertz CT molecular complexity index is 1230. The largest absolute Gasteiger partial charge is 0.312 e. The van der Waals surface area contributed by atoms with Crippen molar-refractivity contribution in [2.45, 2.75) is 19.3 Å². The van der Waals surface area contributed by atoms with Gasteiger partial charge in [-0.05, 0) is 36.6 Å². The Kier molecular flexibility index (Phi) is 7.64. The quantitative estimate of drug-likeness (QED) is 0.563. The van der Waals surface area contributed by atoms with Gasteiger partial charge in [0, 0.05) is 38.4 Å². The number of rotatable bonds is 6. The van der Waals surface area contributed by atoms with E-state index in [0.717, 1.165) is 61.8 Å². The number of nitrogens with zero attached hydrogens (tertiary/aromatic N) is 4. The molecule has 0 bridgehead atoms. The summed E-state index contributed by atoms with van der Waals surface area (Å²) in [5, 5.41) is 3.16. The van der Waals surface area contributed by atoms with Crippen LogP contribution in [0, 0.1) is 0 Å². The number of carbonyl (C=O) groups excluding carboxylic acids is 1. The minimum atomic E-state index is -0.197. The topological polar surface area (TPSA) is 60.3 Å². The monoisotopic (exact) mass is 479 g/mol. The van der Waals surface area contributed by atoms with Crippen molar-refractivity contribution in [2.75, 3.05) is 39.3 Å². The first kappa shape index (κ1) is 24.1. The molecule has 1 amide bonds. The van der Waals surface area contributed by atoms with Crippen LogP contribution in [0.5, 0.6) is 0 Å². The van der Waals surface area contributed by atoms with Gasteiger partial charge in [-0.3, -0.25) is 14.7 Å². The standard InChI is InChI=1S/C30H33N5O/c1-23-29(25-12-6-3-7-13-25)30(32-27-15-9-8-14-26(27)31-23)33-28(36)22-35-20-18-34(19-21-35)17-16-24-10-4-2-5-11-24/h2-15,29H,16-22H2,1H3,(H,32,33,36). The summed E-state index contributed by atoms with van der Waals surface area (Å²) in [7, 11) is 0. The molecule has 1 unspecified atom stereocenters. The highest BCUT2D eigenvalue weighted by atomic mass is 16.2. The number of carbonyl (C=O) groups is 1. The predicted molar refractivity (Wildman–Crippen MR) is 147 cm³/mol. The molecule has 1 atom stereocenters. The maximum atomic E-state index is 13.2. The van der Waals surface area contributed by atoms with Crippen LogP contribution in [0.2, 0.25) is 0 Å². The van der Waals surface area contributed by atoms with E-state index in [2.05, 4.69) is 57.6 Å². The minimum Gasteiger partial charge on any atom is -0.312 e. The van der Waals surface area contributed by atoms with Gasteiger partial charge in [0.1, 0.15) is 5.84 Å². The van der Waals surface area contributed by atoms with Crippen LogP contribution in [0.1, 0.15) is 24.0 Å². The summed E-state index contributed by atoms with van der Waals surface area (Å²) in [6.45, 7) is 7.17. The van der Waals surface area contributed by atoms with Crippen molar-refractivity contribution in [3.05, 3.63) is 96.1 Å². The van der Waals surface area contributed by atoms with Gasteiger partial charge in [-0.1, -0.05) is 72.8 Å². The highest BCUT2D eigenvalue weighted by molar-refractivity contribution is 6.17. The molecule has 2 aliphatic heterocycles. The van der Waals surface area contributed by atoms with Gasteiger partial charge in [-0.2, -0.15) is 0 Å². The average molecular weight is 480 g/mol. The smallest absolute Gasteiger partial charge is 0.239 e. The van der Waals surface area contributed by atoms with E-state index in [4.69, 9.17) is 9.98 Å². The zero-order valence-corrected chi connectivity index (χ0v) is 20.8. The molecule has 184 valence electrons. The van der Waals surface area contributed by atoms with Crippen LogP contribution >= 0.6 is 0 Å². The molecule has 3 aromatic rings. The summed E-state index contributed by atoms with van der Waals surface area (Å²) in [5.41, 5.74) is 4.95. The van der Waals surface area contributed by atoms with Crippen molar-refractivity contribution in [3.8, 4) is 0 Å². The first-order chi connectivity index (χ1) is 17.7. The molecule has 0 spiro atoms. The van der Waals surface area contributed by atoms with E-state index in [1.54, 1.807) is 0 Å². The highest BCUT2D eigenvalue weighted by Crippen LogP contribution is 2.34. The van der Waals surface area contributed by atoms with E-state index in [-0.39, 0.29) is 11.8 Å². The van der Waals surface area contributed by atoms with E-state index < -0.39 is 0 Å². The summed E-state index contributed by atoms with van der Waals surface area (Å²) in [5.74, 6) is 0.413. The molecule has 0 radical (unpaired) electrons. The Balaban J connectivity index is 1.23. The lowest BCUT2D eigenvalue weighted by Crippen LogP contribution is -2.50. The zero-order chi connectivity index (χ0) is 24.7. The van der Waals surface area contributed by atoms with Crippen molar-refractivity contribution >= 4 is 28.8 Å². The van der Waals surface area contributed by atoms with Gasteiger partial charge in [0.05, 0.1) is 23.8 Å². The Labute approximate surface area is 213 Å². The summed E-state index contributed by atoms with van der Waals surface area (Å²) >= 11 is 0. The van der Waals surface area contributed by atoms with E-state index in [1.807, 2.05) is 49.4 Å². The van der Waals surface area contributed by atoms with Crippen molar-refractivity contribution in [1.29, 1.82) is 0 Å². The fourth-order valence-electron chi connectivity index (χ4n) is 4.93. The summed E-state index contributed by atoms with van der Waals surface area (Å²) in [4.78, 5) is 27.7. The lowest BCUT2D eigenvalue weighted by Gasteiger charge is -2.34. The molecular formula is C30H33N5O. The maximum Gasteiger partial charge on any atom is 0.239 e. The second kappa shape index (κ2) is 11.4. The summed E-state index contributed by atoms with van der Waals surface area (Å²) in [6.07, 6.45) is 1.06. The molecular weight excluding hydrogens is 446 g/mol.